The Kier molecular flexibility index (Phi) is 7.91. The first-order valence-electron chi connectivity index (χ1n) is 13.6. The predicted molar refractivity (Wildman–Crippen MR) is 132 cm³/mol. The molecule has 4 fully saturated rings. The van der Waals surface area contributed by atoms with Gasteiger partial charge in [0, 0.05) is 6.92 Å². The van der Waals surface area contributed by atoms with Crippen LogP contribution >= 0.6 is 0 Å². The van der Waals surface area contributed by atoms with Crippen molar-refractivity contribution in [3.63, 3.8) is 0 Å². The van der Waals surface area contributed by atoms with Gasteiger partial charge in [-0.3, -0.25) is 4.79 Å². The monoisotopic (exact) mass is 526 g/mol. The number of carbonyl (C=O) groups excluding carboxylic acids is 1. The summed E-state index contributed by atoms with van der Waals surface area (Å²) >= 11 is 0.272. The molecule has 33 heavy (non-hydrogen) atoms. The third-order valence-corrected chi connectivity index (χ3v) is 13.0. The van der Waals surface area contributed by atoms with Crippen molar-refractivity contribution in [3.8, 4) is 0 Å². The molecule has 5 heteroatoms. The van der Waals surface area contributed by atoms with Crippen LogP contribution < -0.4 is 0 Å². The topological polar surface area (TPSA) is 63.6 Å². The van der Waals surface area contributed by atoms with E-state index in [2.05, 4.69) is 20.8 Å². The van der Waals surface area contributed by atoms with E-state index in [0.717, 1.165) is 53.7 Å². The minimum atomic E-state index is -0.630. The van der Waals surface area contributed by atoms with E-state index in [1.807, 2.05) is 0 Å². The van der Waals surface area contributed by atoms with Crippen LogP contribution in [-0.4, -0.2) is 38.1 Å². The standard InChI is InChI=1S/C28H46O4Se/c1-18(6-5-15-33-17-26(30)31)23-9-10-24-22-8-7-20-16-21(32-19(2)29)11-13-27(20,3)25(22)12-14-28(23,24)4/h18,20-25H,5-17H2,1-4H3,(H,30,31)/t18-,20-,21-,22+,23-,24+,25+,27+,28-/m1/s1. The van der Waals surface area contributed by atoms with Crippen LogP contribution in [0.25, 0.3) is 0 Å². The molecular weight excluding hydrogens is 479 g/mol. The molecule has 0 aliphatic heterocycles. The molecule has 1 N–H and O–H groups in total. The SMILES string of the molecule is CC(=O)O[C@@H]1CC[C@@]2(C)[C@H](CC[C@@H]3[C@@H]2CC[C@]2(C)[C@@H]([C@H](C)CCC[Se]CC(=O)O)CC[C@@H]32)C1. The van der Waals surface area contributed by atoms with Crippen molar-refractivity contribution in [2.24, 2.45) is 46.3 Å². The van der Waals surface area contributed by atoms with Crippen molar-refractivity contribution in [1.29, 1.82) is 0 Å². The van der Waals surface area contributed by atoms with Crippen molar-refractivity contribution in [1.82, 2.24) is 0 Å². The summed E-state index contributed by atoms with van der Waals surface area (Å²) in [4.78, 5) is 22.3. The summed E-state index contributed by atoms with van der Waals surface area (Å²) in [5.41, 5.74) is 0.946. The van der Waals surface area contributed by atoms with Crippen LogP contribution in [0.1, 0.15) is 98.3 Å². The first-order valence-corrected chi connectivity index (χ1v) is 16.0. The van der Waals surface area contributed by atoms with Crippen molar-refractivity contribution >= 4 is 26.9 Å². The summed E-state index contributed by atoms with van der Waals surface area (Å²) in [6.07, 6.45) is 14.3. The Bertz CT molecular complexity index is 725. The molecule has 0 spiro atoms. The summed E-state index contributed by atoms with van der Waals surface area (Å²) in [5, 5.41) is 10.4. The van der Waals surface area contributed by atoms with Gasteiger partial charge in [-0.1, -0.05) is 0 Å². The molecule has 4 aliphatic rings. The van der Waals surface area contributed by atoms with E-state index >= 15 is 0 Å². The van der Waals surface area contributed by atoms with Gasteiger partial charge in [-0.05, 0) is 0 Å². The molecule has 0 aromatic rings. The average Bonchev–Trinajstić information content (AvgIpc) is 3.10. The Morgan fingerprint density at radius 3 is 2.48 bits per heavy atom. The number of rotatable bonds is 8. The average molecular weight is 526 g/mol. The Morgan fingerprint density at radius 2 is 1.76 bits per heavy atom. The molecule has 0 bridgehead atoms. The Labute approximate surface area is 207 Å². The zero-order valence-electron chi connectivity index (χ0n) is 21.3. The van der Waals surface area contributed by atoms with Gasteiger partial charge < -0.3 is 4.74 Å². The van der Waals surface area contributed by atoms with Gasteiger partial charge in [-0.25, -0.2) is 0 Å². The zero-order chi connectivity index (χ0) is 23.8. The molecular formula is C28H46O4Se. The Hall–Kier alpha value is -0.541. The number of esters is 1. The number of carbonyl (C=O) groups is 2. The first-order chi connectivity index (χ1) is 15.6. The molecule has 0 unspecified atom stereocenters. The summed E-state index contributed by atoms with van der Waals surface area (Å²) in [6, 6.07) is 0. The van der Waals surface area contributed by atoms with Crippen LogP contribution in [0.5, 0.6) is 0 Å². The first kappa shape index (κ1) is 25.5. The second-order valence-corrected chi connectivity index (χ2v) is 14.8. The third-order valence-electron chi connectivity index (χ3n) is 10.9. The van der Waals surface area contributed by atoms with Crippen LogP contribution in [0, 0.1) is 46.3 Å². The van der Waals surface area contributed by atoms with Gasteiger partial charge in [0.25, 0.3) is 0 Å². The fraction of sp³-hybridized carbons (Fsp3) is 0.929. The molecule has 0 amide bonds. The molecule has 4 rings (SSSR count). The summed E-state index contributed by atoms with van der Waals surface area (Å²) in [5.74, 6) is 4.25. The number of carboxylic acid groups (broad SMARTS) is 1. The van der Waals surface area contributed by atoms with E-state index in [4.69, 9.17) is 9.84 Å². The van der Waals surface area contributed by atoms with Crippen molar-refractivity contribution in [2.75, 3.05) is 0 Å². The van der Waals surface area contributed by atoms with Gasteiger partial charge in [0.05, 0.1) is 0 Å². The molecule has 9 atom stereocenters. The Balaban J connectivity index is 1.37. The third kappa shape index (κ3) is 5.06. The molecule has 0 saturated heterocycles. The minimum absolute atomic E-state index is 0.111. The quantitative estimate of drug-likeness (QED) is 0.220. The number of fused-ring (bicyclic) bond motifs is 5. The molecule has 4 aliphatic carbocycles. The van der Waals surface area contributed by atoms with Gasteiger partial charge in [-0.15, -0.1) is 0 Å². The molecule has 0 aromatic carbocycles. The Morgan fingerprint density at radius 1 is 1.03 bits per heavy atom. The number of carboxylic acids is 1. The zero-order valence-corrected chi connectivity index (χ0v) is 23.0. The second-order valence-electron chi connectivity index (χ2n) is 12.5. The van der Waals surface area contributed by atoms with Gasteiger partial charge in [0.1, 0.15) is 6.10 Å². The molecule has 188 valence electrons. The molecule has 0 radical (unpaired) electrons. The van der Waals surface area contributed by atoms with Crippen LogP contribution in [0.4, 0.5) is 0 Å². The fourth-order valence-electron chi connectivity index (χ4n) is 9.40. The van der Waals surface area contributed by atoms with Crippen LogP contribution in [-0.2, 0) is 14.3 Å². The van der Waals surface area contributed by atoms with E-state index in [1.165, 1.54) is 57.8 Å². The van der Waals surface area contributed by atoms with Gasteiger partial charge in [-0.2, -0.15) is 0 Å². The van der Waals surface area contributed by atoms with Gasteiger partial charge >= 0.3 is 185 Å². The van der Waals surface area contributed by atoms with Gasteiger partial charge in [0.2, 0.25) is 0 Å². The van der Waals surface area contributed by atoms with Gasteiger partial charge in [0.15, 0.2) is 0 Å². The molecule has 0 aromatic heterocycles. The number of hydrogen-bond donors (Lipinski definition) is 1. The predicted octanol–water partition coefficient (Wildman–Crippen LogP) is 6.62. The second kappa shape index (κ2) is 10.2. The fourth-order valence-corrected chi connectivity index (χ4v) is 10.9. The molecule has 0 heterocycles. The molecule has 4 saturated carbocycles. The van der Waals surface area contributed by atoms with E-state index in [9.17, 15) is 9.59 Å². The summed E-state index contributed by atoms with van der Waals surface area (Å²) in [6.45, 7) is 9.28. The number of ether oxygens (including phenoxy) is 1. The van der Waals surface area contributed by atoms with E-state index in [0.29, 0.717) is 16.1 Å². The number of hydrogen-bond acceptors (Lipinski definition) is 3. The summed E-state index contributed by atoms with van der Waals surface area (Å²) in [7, 11) is 0. The maximum absolute atomic E-state index is 11.5. The van der Waals surface area contributed by atoms with Crippen molar-refractivity contribution in [3.05, 3.63) is 0 Å². The molecule has 4 nitrogen and oxygen atoms in total. The van der Waals surface area contributed by atoms with Crippen LogP contribution in [0.15, 0.2) is 0 Å². The van der Waals surface area contributed by atoms with Crippen molar-refractivity contribution < 1.29 is 19.4 Å². The number of aliphatic carboxylic acids is 1. The van der Waals surface area contributed by atoms with Crippen LogP contribution in [0.2, 0.25) is 10.6 Å². The van der Waals surface area contributed by atoms with Crippen LogP contribution in [0.3, 0.4) is 0 Å². The van der Waals surface area contributed by atoms with Crippen molar-refractivity contribution in [2.45, 2.75) is 115 Å². The normalized spacial score (nSPS) is 43.2. The summed E-state index contributed by atoms with van der Waals surface area (Å²) < 4.78 is 5.64. The maximum atomic E-state index is 11.5. The van der Waals surface area contributed by atoms with E-state index < -0.39 is 5.97 Å². The van der Waals surface area contributed by atoms with E-state index in [-0.39, 0.29) is 27.0 Å². The van der Waals surface area contributed by atoms with E-state index in [1.54, 1.807) is 6.92 Å².